The van der Waals surface area contributed by atoms with Gasteiger partial charge in [-0.2, -0.15) is 5.26 Å². The molecule has 0 aliphatic rings. The van der Waals surface area contributed by atoms with Crippen molar-refractivity contribution in [3.05, 3.63) is 35.6 Å². The average molecular weight is 329 g/mol. The summed E-state index contributed by atoms with van der Waals surface area (Å²) in [5.74, 6) is -0.694. The van der Waals surface area contributed by atoms with E-state index in [1.807, 2.05) is 6.07 Å². The maximum Gasteiger partial charge on any atom is 0.134 e. The molecule has 4 nitrogen and oxygen atoms in total. The fourth-order valence-corrected chi connectivity index (χ4v) is 4.04. The van der Waals surface area contributed by atoms with Gasteiger partial charge >= 0.3 is 0 Å². The van der Waals surface area contributed by atoms with Crippen molar-refractivity contribution in [2.45, 2.75) is 30.6 Å². The molecule has 2 atom stereocenters. The predicted octanol–water partition coefficient (Wildman–Crippen LogP) is 2.74. The first-order valence-electron chi connectivity index (χ1n) is 6.79. The van der Waals surface area contributed by atoms with Crippen LogP contribution in [0.5, 0.6) is 0 Å². The summed E-state index contributed by atoms with van der Waals surface area (Å²) in [7, 11) is -1.57. The number of hydrogen-bond donors (Lipinski definition) is 1. The summed E-state index contributed by atoms with van der Waals surface area (Å²) in [5, 5.41) is 9.15. The van der Waals surface area contributed by atoms with Crippen LogP contribution in [0.2, 0.25) is 0 Å². The van der Waals surface area contributed by atoms with Crippen molar-refractivity contribution >= 4 is 9.73 Å². The Morgan fingerprint density at radius 2 is 2.00 bits per heavy atom. The zero-order valence-corrected chi connectivity index (χ0v) is 13.8. The Morgan fingerprint density at radius 3 is 2.45 bits per heavy atom. The van der Waals surface area contributed by atoms with E-state index in [4.69, 9.17) is 11.0 Å². The maximum atomic E-state index is 13.9. The van der Waals surface area contributed by atoms with E-state index in [1.165, 1.54) is 39.1 Å². The van der Waals surface area contributed by atoms with Gasteiger partial charge in [0.2, 0.25) is 0 Å². The third-order valence-electron chi connectivity index (χ3n) is 3.84. The molecular formula is C15H21F2N3OS. The monoisotopic (exact) mass is 329 g/mol. The smallest absolute Gasteiger partial charge is 0.134 e. The van der Waals surface area contributed by atoms with Crippen LogP contribution in [0.25, 0.3) is 0 Å². The zero-order valence-electron chi connectivity index (χ0n) is 13.0. The minimum atomic E-state index is -2.92. The fourth-order valence-electron chi connectivity index (χ4n) is 2.10. The Balaban J connectivity index is 3.15. The maximum absolute atomic E-state index is 13.9. The SMILES string of the molecule is CN=S(=O)(CC[C@@](N)(CF)c1ccccc1F)C(C)(C)C#N. The Bertz CT molecular complexity index is 690. The molecule has 0 aliphatic carbocycles. The van der Waals surface area contributed by atoms with Crippen LogP contribution < -0.4 is 5.73 Å². The van der Waals surface area contributed by atoms with Crippen molar-refractivity contribution in [2.75, 3.05) is 19.5 Å². The summed E-state index contributed by atoms with van der Waals surface area (Å²) >= 11 is 0. The van der Waals surface area contributed by atoms with Gasteiger partial charge in [0, 0.05) is 18.4 Å². The van der Waals surface area contributed by atoms with E-state index in [0.717, 1.165) is 0 Å². The van der Waals surface area contributed by atoms with E-state index in [9.17, 15) is 13.0 Å². The van der Waals surface area contributed by atoms with Gasteiger partial charge in [-0.25, -0.2) is 17.4 Å². The number of rotatable bonds is 6. The molecule has 0 saturated heterocycles. The molecule has 1 rings (SSSR count). The Hall–Kier alpha value is -1.52. The third-order valence-corrected chi connectivity index (χ3v) is 6.87. The molecule has 22 heavy (non-hydrogen) atoms. The summed E-state index contributed by atoms with van der Waals surface area (Å²) < 4.78 is 42.8. The molecular weight excluding hydrogens is 308 g/mol. The lowest BCUT2D eigenvalue weighted by Crippen LogP contribution is -2.43. The van der Waals surface area contributed by atoms with Crippen molar-refractivity contribution in [3.63, 3.8) is 0 Å². The minimum absolute atomic E-state index is 0.0325. The number of hydrogen-bond acceptors (Lipinski definition) is 4. The van der Waals surface area contributed by atoms with Crippen LogP contribution in [0.4, 0.5) is 8.78 Å². The molecule has 0 spiro atoms. The number of alkyl halides is 1. The number of halogens is 2. The highest BCUT2D eigenvalue weighted by molar-refractivity contribution is 7.95. The lowest BCUT2D eigenvalue weighted by atomic mass is 9.89. The van der Waals surface area contributed by atoms with Crippen LogP contribution in [0, 0.1) is 17.1 Å². The highest BCUT2D eigenvalue weighted by Gasteiger charge is 2.36. The molecule has 0 saturated carbocycles. The van der Waals surface area contributed by atoms with E-state index in [0.29, 0.717) is 0 Å². The highest BCUT2D eigenvalue weighted by Crippen LogP contribution is 2.29. The molecule has 0 fully saturated rings. The van der Waals surface area contributed by atoms with Crippen LogP contribution in [0.15, 0.2) is 28.6 Å². The van der Waals surface area contributed by atoms with Gasteiger partial charge in [-0.1, -0.05) is 18.2 Å². The van der Waals surface area contributed by atoms with Crippen LogP contribution in [-0.4, -0.2) is 28.4 Å². The number of nitrogens with two attached hydrogens (primary N) is 1. The number of nitriles is 1. The van der Waals surface area contributed by atoms with Gasteiger partial charge in [0.25, 0.3) is 0 Å². The van der Waals surface area contributed by atoms with Gasteiger partial charge in [-0.3, -0.25) is 0 Å². The lowest BCUT2D eigenvalue weighted by molar-refractivity contribution is 0.295. The first-order chi connectivity index (χ1) is 10.2. The number of benzene rings is 1. The van der Waals surface area contributed by atoms with Crippen molar-refractivity contribution in [1.82, 2.24) is 0 Å². The molecule has 0 aliphatic heterocycles. The molecule has 1 aromatic carbocycles. The molecule has 1 aromatic rings. The van der Waals surface area contributed by atoms with E-state index in [1.54, 1.807) is 6.07 Å². The summed E-state index contributed by atoms with van der Waals surface area (Å²) in [6.07, 6.45) is -0.0777. The van der Waals surface area contributed by atoms with E-state index < -0.39 is 32.5 Å². The van der Waals surface area contributed by atoms with E-state index in [2.05, 4.69) is 4.36 Å². The topological polar surface area (TPSA) is 79.2 Å². The molecule has 122 valence electrons. The van der Waals surface area contributed by atoms with Crippen LogP contribution in [0.1, 0.15) is 25.8 Å². The van der Waals surface area contributed by atoms with Crippen LogP contribution in [0.3, 0.4) is 0 Å². The first-order valence-corrected chi connectivity index (χ1v) is 8.48. The van der Waals surface area contributed by atoms with Gasteiger partial charge in [0.1, 0.15) is 17.2 Å². The number of nitrogens with zero attached hydrogens (tertiary/aromatic N) is 2. The molecule has 0 heterocycles. The average Bonchev–Trinajstić information content (AvgIpc) is 2.52. The van der Waals surface area contributed by atoms with Crippen molar-refractivity contribution in [3.8, 4) is 6.07 Å². The van der Waals surface area contributed by atoms with Crippen molar-refractivity contribution in [1.29, 1.82) is 5.26 Å². The van der Waals surface area contributed by atoms with Crippen LogP contribution in [-0.2, 0) is 15.3 Å². The zero-order chi connectivity index (χ0) is 17.0. The molecule has 7 heteroatoms. The standard InChI is InChI=1S/C15H21F2N3OS/c1-14(2,11-18)22(21,20-3)9-8-15(19,10-16)12-6-4-5-7-13(12)17/h4-7H,8-10,19H2,1-3H3/t15-,22?/m1/s1. The third kappa shape index (κ3) is 3.45. The molecule has 0 bridgehead atoms. The Morgan fingerprint density at radius 1 is 1.41 bits per heavy atom. The van der Waals surface area contributed by atoms with Gasteiger partial charge in [0.05, 0.1) is 21.3 Å². The van der Waals surface area contributed by atoms with Crippen molar-refractivity contribution < 1.29 is 13.0 Å². The van der Waals surface area contributed by atoms with Gasteiger partial charge in [0.15, 0.2) is 0 Å². The quantitative estimate of drug-likeness (QED) is 0.871. The fraction of sp³-hybridized carbons (Fsp3) is 0.533. The first kappa shape index (κ1) is 18.5. The Labute approximate surface area is 130 Å². The minimum Gasteiger partial charge on any atom is -0.319 e. The summed E-state index contributed by atoms with van der Waals surface area (Å²) in [4.78, 5) is 0. The lowest BCUT2D eigenvalue weighted by Gasteiger charge is -2.30. The van der Waals surface area contributed by atoms with Gasteiger partial charge in [-0.15, -0.1) is 0 Å². The second-order valence-corrected chi connectivity index (χ2v) is 8.74. The highest BCUT2D eigenvalue weighted by atomic mass is 32.2. The predicted molar refractivity (Wildman–Crippen MR) is 83.9 cm³/mol. The van der Waals surface area contributed by atoms with Gasteiger partial charge in [-0.05, 0) is 26.3 Å². The second kappa shape index (κ2) is 6.71. The Kier molecular flexibility index (Phi) is 5.65. The summed E-state index contributed by atoms with van der Waals surface area (Å²) in [6.45, 7) is 2.03. The largest absolute Gasteiger partial charge is 0.319 e. The molecule has 0 amide bonds. The summed E-state index contributed by atoms with van der Waals surface area (Å²) in [6, 6.07) is 7.63. The molecule has 2 N–H and O–H groups in total. The van der Waals surface area contributed by atoms with Gasteiger partial charge < -0.3 is 5.73 Å². The molecule has 0 radical (unpaired) electrons. The molecule has 1 unspecified atom stereocenters. The van der Waals surface area contributed by atoms with E-state index in [-0.39, 0.29) is 17.7 Å². The summed E-state index contributed by atoms with van der Waals surface area (Å²) in [5.41, 5.74) is 4.44. The van der Waals surface area contributed by atoms with E-state index >= 15 is 0 Å². The van der Waals surface area contributed by atoms with Crippen LogP contribution >= 0.6 is 0 Å². The normalized spacial score (nSPS) is 17.1. The second-order valence-electron chi connectivity index (χ2n) is 5.67. The molecule has 0 aromatic heterocycles. The van der Waals surface area contributed by atoms with Crippen molar-refractivity contribution in [2.24, 2.45) is 10.1 Å².